The fourth-order valence-corrected chi connectivity index (χ4v) is 2.27. The molecule has 0 radical (unpaired) electrons. The number of hydrogen-bond donors (Lipinski definition) is 3. The van der Waals surface area contributed by atoms with Crippen LogP contribution in [-0.2, 0) is 4.74 Å². The number of nitrogen functional groups attached to an aromatic ring is 1. The van der Waals surface area contributed by atoms with Crippen molar-refractivity contribution in [1.82, 2.24) is 20.5 Å². The van der Waals surface area contributed by atoms with Crippen molar-refractivity contribution in [1.29, 1.82) is 0 Å². The van der Waals surface area contributed by atoms with Gasteiger partial charge in [-0.05, 0) is 6.07 Å². The maximum absolute atomic E-state index is 12.2. The van der Waals surface area contributed by atoms with Crippen LogP contribution >= 0.6 is 0 Å². The van der Waals surface area contributed by atoms with Crippen LogP contribution in [0.4, 0.5) is 5.82 Å². The summed E-state index contributed by atoms with van der Waals surface area (Å²) in [4.78, 5) is 16.3. The van der Waals surface area contributed by atoms with Crippen LogP contribution in [0.1, 0.15) is 16.9 Å². The highest BCUT2D eigenvalue weighted by Gasteiger charge is 2.30. The van der Waals surface area contributed by atoms with Crippen LogP contribution in [0.15, 0.2) is 30.5 Å². The molecule has 8 heteroatoms. The van der Waals surface area contributed by atoms with Crippen molar-refractivity contribution in [2.24, 2.45) is 0 Å². The van der Waals surface area contributed by atoms with E-state index in [1.807, 2.05) is 12.1 Å². The van der Waals surface area contributed by atoms with Gasteiger partial charge in [-0.15, -0.1) is 0 Å². The van der Waals surface area contributed by atoms with Gasteiger partial charge in [0, 0.05) is 24.8 Å². The number of ether oxygens (including phenoxy) is 2. The van der Waals surface area contributed by atoms with E-state index in [1.165, 1.54) is 6.07 Å². The summed E-state index contributed by atoms with van der Waals surface area (Å²) in [6.07, 6.45) is 2.13. The van der Waals surface area contributed by atoms with E-state index in [0.717, 1.165) is 0 Å². The molecule has 1 amide bonds. The number of amides is 1. The number of carbonyl (C=O) groups is 1. The first-order chi connectivity index (χ1) is 10.7. The Morgan fingerprint density at radius 2 is 2.41 bits per heavy atom. The molecule has 2 aromatic heterocycles. The number of hydrogen-bond acceptors (Lipinski definition) is 6. The number of nitrogens with two attached hydrogens (primary N) is 1. The van der Waals surface area contributed by atoms with Gasteiger partial charge in [0.2, 0.25) is 5.88 Å². The molecule has 1 aliphatic rings. The summed E-state index contributed by atoms with van der Waals surface area (Å²) in [7, 11) is 0. The third kappa shape index (κ3) is 3.34. The standard InChI is InChI=1S/C14H17N5O3/c15-12-7-9(18-19-12)14(20)17-10-8-21-6-4-11(10)22-13-3-1-2-5-16-13/h1-3,5,7,10-11H,4,6,8H2,(H,17,20)(H3,15,18,19)/t10-,11-/m1/s1. The van der Waals surface area contributed by atoms with Crippen LogP contribution in [0.2, 0.25) is 0 Å². The normalized spacial score (nSPS) is 21.3. The number of aromatic amines is 1. The lowest BCUT2D eigenvalue weighted by atomic mass is 10.1. The Balaban J connectivity index is 1.66. The first-order valence-corrected chi connectivity index (χ1v) is 6.99. The zero-order valence-electron chi connectivity index (χ0n) is 11.9. The highest BCUT2D eigenvalue weighted by atomic mass is 16.5. The second-order valence-electron chi connectivity index (χ2n) is 4.97. The number of pyridine rings is 1. The Bertz CT molecular complexity index is 630. The van der Waals surface area contributed by atoms with E-state index < -0.39 is 0 Å². The van der Waals surface area contributed by atoms with Crippen molar-refractivity contribution in [3.63, 3.8) is 0 Å². The lowest BCUT2D eigenvalue weighted by Gasteiger charge is -2.31. The van der Waals surface area contributed by atoms with Gasteiger partial charge in [0.05, 0.1) is 19.3 Å². The van der Waals surface area contributed by atoms with Crippen LogP contribution in [0.25, 0.3) is 0 Å². The number of anilines is 1. The molecule has 1 aliphatic heterocycles. The average Bonchev–Trinajstić information content (AvgIpc) is 2.97. The predicted molar refractivity (Wildman–Crippen MR) is 78.3 cm³/mol. The van der Waals surface area contributed by atoms with Gasteiger partial charge < -0.3 is 20.5 Å². The molecule has 0 saturated carbocycles. The fourth-order valence-electron chi connectivity index (χ4n) is 2.27. The minimum atomic E-state index is -0.297. The van der Waals surface area contributed by atoms with Crippen molar-refractivity contribution >= 4 is 11.7 Å². The molecule has 0 bridgehead atoms. The van der Waals surface area contributed by atoms with Gasteiger partial charge in [0.25, 0.3) is 5.91 Å². The Morgan fingerprint density at radius 3 is 3.14 bits per heavy atom. The van der Waals surface area contributed by atoms with E-state index in [2.05, 4.69) is 20.5 Å². The van der Waals surface area contributed by atoms with Crippen molar-refractivity contribution < 1.29 is 14.3 Å². The molecule has 0 spiro atoms. The van der Waals surface area contributed by atoms with Crippen molar-refractivity contribution in [3.8, 4) is 5.88 Å². The summed E-state index contributed by atoms with van der Waals surface area (Å²) < 4.78 is 11.3. The molecule has 0 unspecified atom stereocenters. The molecule has 1 fully saturated rings. The molecular formula is C14H17N5O3. The summed E-state index contributed by atoms with van der Waals surface area (Å²) in [5, 5.41) is 9.19. The molecule has 3 heterocycles. The topological polar surface area (TPSA) is 115 Å². The summed E-state index contributed by atoms with van der Waals surface area (Å²) in [6, 6.07) is 6.66. The van der Waals surface area contributed by atoms with Gasteiger partial charge in [-0.3, -0.25) is 9.89 Å². The maximum atomic E-state index is 12.2. The second kappa shape index (κ2) is 6.44. The Kier molecular flexibility index (Phi) is 4.19. The van der Waals surface area contributed by atoms with E-state index in [1.54, 1.807) is 12.3 Å². The predicted octanol–water partition coefficient (Wildman–Crippen LogP) is 0.353. The minimum absolute atomic E-state index is 0.201. The SMILES string of the molecule is Nc1cc(C(=O)N[C@@H]2COCC[C@H]2Oc2ccccn2)[nH]n1. The van der Waals surface area contributed by atoms with Crippen LogP contribution < -0.4 is 15.8 Å². The maximum Gasteiger partial charge on any atom is 0.269 e. The highest BCUT2D eigenvalue weighted by Crippen LogP contribution is 2.16. The molecule has 0 aliphatic carbocycles. The quantitative estimate of drug-likeness (QED) is 0.751. The lowest BCUT2D eigenvalue weighted by molar-refractivity contribution is -0.00454. The number of rotatable bonds is 4. The Labute approximate surface area is 127 Å². The number of nitrogens with zero attached hydrogens (tertiary/aromatic N) is 2. The molecule has 4 N–H and O–H groups in total. The summed E-state index contributed by atoms with van der Waals surface area (Å²) >= 11 is 0. The number of nitrogens with one attached hydrogen (secondary N) is 2. The average molecular weight is 303 g/mol. The number of H-pyrrole nitrogens is 1. The van der Waals surface area contributed by atoms with E-state index in [9.17, 15) is 4.79 Å². The fraction of sp³-hybridized carbons (Fsp3) is 0.357. The molecular weight excluding hydrogens is 286 g/mol. The van der Waals surface area contributed by atoms with E-state index in [0.29, 0.717) is 31.2 Å². The van der Waals surface area contributed by atoms with E-state index in [4.69, 9.17) is 15.2 Å². The van der Waals surface area contributed by atoms with Gasteiger partial charge in [0.15, 0.2) is 0 Å². The zero-order chi connectivity index (χ0) is 15.4. The summed E-state index contributed by atoms with van der Waals surface area (Å²) in [5.41, 5.74) is 5.80. The van der Waals surface area contributed by atoms with Gasteiger partial charge in [0.1, 0.15) is 17.6 Å². The Hall–Kier alpha value is -2.61. The first-order valence-electron chi connectivity index (χ1n) is 6.99. The van der Waals surface area contributed by atoms with Gasteiger partial charge in [-0.25, -0.2) is 4.98 Å². The summed E-state index contributed by atoms with van der Waals surface area (Å²) in [5.74, 6) is 0.500. The largest absolute Gasteiger partial charge is 0.472 e. The van der Waals surface area contributed by atoms with E-state index >= 15 is 0 Å². The number of carbonyl (C=O) groups excluding carboxylic acids is 1. The van der Waals surface area contributed by atoms with Crippen molar-refractivity contribution in [3.05, 3.63) is 36.2 Å². The molecule has 22 heavy (non-hydrogen) atoms. The van der Waals surface area contributed by atoms with Crippen LogP contribution in [0.5, 0.6) is 5.88 Å². The minimum Gasteiger partial charge on any atom is -0.472 e. The van der Waals surface area contributed by atoms with Crippen LogP contribution in [-0.4, -0.2) is 46.4 Å². The second-order valence-corrected chi connectivity index (χ2v) is 4.97. The molecule has 2 atom stereocenters. The van der Waals surface area contributed by atoms with Crippen LogP contribution in [0, 0.1) is 0 Å². The number of aromatic nitrogens is 3. The van der Waals surface area contributed by atoms with Gasteiger partial charge in [-0.2, -0.15) is 5.10 Å². The Morgan fingerprint density at radius 1 is 1.50 bits per heavy atom. The smallest absolute Gasteiger partial charge is 0.269 e. The van der Waals surface area contributed by atoms with Crippen LogP contribution in [0.3, 0.4) is 0 Å². The monoisotopic (exact) mass is 303 g/mol. The molecule has 2 aromatic rings. The third-order valence-electron chi connectivity index (χ3n) is 3.36. The summed E-state index contributed by atoms with van der Waals surface area (Å²) in [6.45, 7) is 0.966. The molecule has 3 rings (SSSR count). The highest BCUT2D eigenvalue weighted by molar-refractivity contribution is 5.93. The lowest BCUT2D eigenvalue weighted by Crippen LogP contribution is -2.52. The van der Waals surface area contributed by atoms with Crippen molar-refractivity contribution in [2.75, 3.05) is 18.9 Å². The van der Waals surface area contributed by atoms with E-state index in [-0.39, 0.29) is 23.9 Å². The van der Waals surface area contributed by atoms with Gasteiger partial charge >= 0.3 is 0 Å². The molecule has 0 aromatic carbocycles. The molecule has 1 saturated heterocycles. The zero-order valence-corrected chi connectivity index (χ0v) is 11.9. The third-order valence-corrected chi connectivity index (χ3v) is 3.36. The van der Waals surface area contributed by atoms with Gasteiger partial charge in [-0.1, -0.05) is 6.07 Å². The molecule has 116 valence electrons. The first kappa shape index (κ1) is 14.3. The molecule has 8 nitrogen and oxygen atoms in total. The van der Waals surface area contributed by atoms with Crippen molar-refractivity contribution in [2.45, 2.75) is 18.6 Å².